The first kappa shape index (κ1) is 17.7. The Kier molecular flexibility index (Phi) is 4.76. The summed E-state index contributed by atoms with van der Waals surface area (Å²) in [4.78, 5) is 29.5. The summed E-state index contributed by atoms with van der Waals surface area (Å²) in [5.41, 5.74) is 6.82. The van der Waals surface area contributed by atoms with Gasteiger partial charge < -0.3 is 0 Å². The van der Waals surface area contributed by atoms with E-state index < -0.39 is 0 Å². The molecule has 3 aromatic carbocycles. The van der Waals surface area contributed by atoms with Crippen LogP contribution < -0.4 is 16.4 Å². The summed E-state index contributed by atoms with van der Waals surface area (Å²) < 4.78 is 1.50. The maximum atomic E-state index is 12.6. The zero-order valence-electron chi connectivity index (χ0n) is 15.5. The van der Waals surface area contributed by atoms with Gasteiger partial charge in [0.1, 0.15) is 0 Å². The van der Waals surface area contributed by atoms with Gasteiger partial charge in [-0.25, -0.2) is 4.98 Å². The number of hydrogen-bond donors (Lipinski definition) is 2. The van der Waals surface area contributed by atoms with Crippen LogP contribution in [0.2, 0.25) is 0 Å². The van der Waals surface area contributed by atoms with Crippen LogP contribution in [0, 0.1) is 0 Å². The highest BCUT2D eigenvalue weighted by molar-refractivity contribution is 5.86. The van der Waals surface area contributed by atoms with Gasteiger partial charge in [-0.3, -0.25) is 25.0 Å². The van der Waals surface area contributed by atoms with Gasteiger partial charge in [0.2, 0.25) is 11.9 Å². The fourth-order valence-electron chi connectivity index (χ4n) is 3.26. The van der Waals surface area contributed by atoms with Crippen LogP contribution in [-0.2, 0) is 17.8 Å². The highest BCUT2D eigenvalue weighted by atomic mass is 16.2. The minimum Gasteiger partial charge on any atom is -0.277 e. The number of carbonyl (C=O) groups excluding carboxylic acids is 1. The minimum absolute atomic E-state index is 0.139. The van der Waals surface area contributed by atoms with Crippen molar-refractivity contribution in [2.45, 2.75) is 19.9 Å². The zero-order chi connectivity index (χ0) is 19.5. The monoisotopic (exact) mass is 372 g/mol. The number of fused-ring (bicyclic) bond motifs is 2. The molecule has 4 aromatic rings. The normalized spacial score (nSPS) is 10.9. The summed E-state index contributed by atoms with van der Waals surface area (Å²) in [5.74, 6) is 0.110. The summed E-state index contributed by atoms with van der Waals surface area (Å²) in [5, 5.41) is 2.78. The van der Waals surface area contributed by atoms with Crippen molar-refractivity contribution in [1.82, 2.24) is 15.0 Å². The molecular formula is C22H20N4O2. The number of amides is 1. The summed E-state index contributed by atoms with van der Waals surface area (Å²) in [6, 6.07) is 21.1. The van der Waals surface area contributed by atoms with E-state index in [4.69, 9.17) is 0 Å². The van der Waals surface area contributed by atoms with Crippen LogP contribution in [0.4, 0.5) is 5.95 Å². The SMILES string of the molecule is CCn1c(NNC(=O)Cc2ccc3ccccc3c2)nc2ccccc2c1=O. The third-order valence-corrected chi connectivity index (χ3v) is 4.67. The molecule has 0 atom stereocenters. The Morgan fingerprint density at radius 1 is 1.00 bits per heavy atom. The van der Waals surface area contributed by atoms with Gasteiger partial charge in [-0.05, 0) is 35.4 Å². The number of nitrogens with zero attached hydrogens (tertiary/aromatic N) is 2. The second-order valence-electron chi connectivity index (χ2n) is 6.53. The predicted molar refractivity (Wildman–Crippen MR) is 111 cm³/mol. The fraction of sp³-hybridized carbons (Fsp3) is 0.136. The number of aromatic nitrogens is 2. The highest BCUT2D eigenvalue weighted by Gasteiger charge is 2.11. The van der Waals surface area contributed by atoms with E-state index in [0.29, 0.717) is 23.4 Å². The first-order chi connectivity index (χ1) is 13.7. The van der Waals surface area contributed by atoms with E-state index in [0.717, 1.165) is 16.3 Å². The van der Waals surface area contributed by atoms with Gasteiger partial charge in [-0.1, -0.05) is 54.6 Å². The van der Waals surface area contributed by atoms with E-state index in [1.54, 1.807) is 12.1 Å². The van der Waals surface area contributed by atoms with E-state index in [1.165, 1.54) is 4.57 Å². The molecule has 2 N–H and O–H groups in total. The predicted octanol–water partition coefficient (Wildman–Crippen LogP) is 3.26. The Labute approximate surface area is 161 Å². The third kappa shape index (κ3) is 3.44. The van der Waals surface area contributed by atoms with Crippen molar-refractivity contribution in [3.8, 4) is 0 Å². The molecule has 4 rings (SSSR count). The van der Waals surface area contributed by atoms with Crippen molar-refractivity contribution >= 4 is 33.5 Å². The van der Waals surface area contributed by atoms with Crippen LogP contribution in [0.25, 0.3) is 21.7 Å². The Balaban J connectivity index is 1.52. The lowest BCUT2D eigenvalue weighted by Gasteiger charge is -2.14. The molecular weight excluding hydrogens is 352 g/mol. The number of para-hydroxylation sites is 1. The smallest absolute Gasteiger partial charge is 0.262 e. The van der Waals surface area contributed by atoms with Gasteiger partial charge in [-0.15, -0.1) is 0 Å². The Morgan fingerprint density at radius 2 is 1.75 bits per heavy atom. The molecule has 6 heteroatoms. The molecule has 0 fully saturated rings. The number of rotatable bonds is 5. The molecule has 1 amide bonds. The van der Waals surface area contributed by atoms with Gasteiger partial charge in [0.15, 0.2) is 0 Å². The molecule has 28 heavy (non-hydrogen) atoms. The van der Waals surface area contributed by atoms with E-state index in [1.807, 2.05) is 61.5 Å². The topological polar surface area (TPSA) is 76.0 Å². The van der Waals surface area contributed by atoms with Crippen molar-refractivity contribution < 1.29 is 4.79 Å². The highest BCUT2D eigenvalue weighted by Crippen LogP contribution is 2.16. The van der Waals surface area contributed by atoms with Crippen LogP contribution in [0.15, 0.2) is 71.5 Å². The summed E-state index contributed by atoms with van der Waals surface area (Å²) in [7, 11) is 0. The molecule has 0 spiro atoms. The maximum absolute atomic E-state index is 12.6. The molecule has 0 unspecified atom stereocenters. The Hall–Kier alpha value is -3.67. The van der Waals surface area contributed by atoms with Crippen LogP contribution in [0.5, 0.6) is 0 Å². The van der Waals surface area contributed by atoms with Crippen LogP contribution in [-0.4, -0.2) is 15.5 Å². The van der Waals surface area contributed by atoms with Gasteiger partial charge in [0.25, 0.3) is 5.56 Å². The number of benzene rings is 3. The van der Waals surface area contributed by atoms with E-state index >= 15 is 0 Å². The lowest BCUT2D eigenvalue weighted by atomic mass is 10.1. The zero-order valence-corrected chi connectivity index (χ0v) is 15.5. The van der Waals surface area contributed by atoms with Crippen molar-refractivity contribution in [2.24, 2.45) is 0 Å². The Bertz CT molecular complexity index is 1230. The minimum atomic E-state index is -0.208. The number of nitrogens with one attached hydrogen (secondary N) is 2. The molecule has 0 bridgehead atoms. The lowest BCUT2D eigenvalue weighted by Crippen LogP contribution is -2.35. The molecule has 140 valence electrons. The first-order valence-electron chi connectivity index (χ1n) is 9.18. The molecule has 0 aliphatic carbocycles. The summed E-state index contributed by atoms with van der Waals surface area (Å²) >= 11 is 0. The average Bonchev–Trinajstić information content (AvgIpc) is 2.72. The summed E-state index contributed by atoms with van der Waals surface area (Å²) in [6.45, 7) is 2.31. The van der Waals surface area contributed by atoms with Gasteiger partial charge in [0.05, 0.1) is 17.3 Å². The van der Waals surface area contributed by atoms with Gasteiger partial charge in [-0.2, -0.15) is 0 Å². The molecule has 1 aromatic heterocycles. The lowest BCUT2D eigenvalue weighted by molar-refractivity contribution is -0.119. The largest absolute Gasteiger partial charge is 0.277 e. The number of carbonyl (C=O) groups is 1. The first-order valence-corrected chi connectivity index (χ1v) is 9.18. The van der Waals surface area contributed by atoms with Crippen molar-refractivity contribution in [3.05, 3.63) is 82.6 Å². The van der Waals surface area contributed by atoms with E-state index in [9.17, 15) is 9.59 Å². The van der Waals surface area contributed by atoms with E-state index in [-0.39, 0.29) is 17.9 Å². The third-order valence-electron chi connectivity index (χ3n) is 4.67. The standard InChI is InChI=1S/C22H20N4O2/c1-2-26-21(28)18-9-5-6-10-19(18)23-22(26)25-24-20(27)14-15-11-12-16-7-3-4-8-17(16)13-15/h3-13H,2,14H2,1H3,(H,23,25)(H,24,27). The van der Waals surface area contributed by atoms with E-state index in [2.05, 4.69) is 15.8 Å². The number of anilines is 1. The number of hydrazine groups is 1. The van der Waals surface area contributed by atoms with Crippen molar-refractivity contribution in [1.29, 1.82) is 0 Å². The molecule has 0 aliphatic rings. The average molecular weight is 372 g/mol. The Morgan fingerprint density at radius 3 is 2.57 bits per heavy atom. The van der Waals surface area contributed by atoms with Crippen LogP contribution in [0.1, 0.15) is 12.5 Å². The molecule has 0 aliphatic heterocycles. The van der Waals surface area contributed by atoms with Crippen LogP contribution in [0.3, 0.4) is 0 Å². The second kappa shape index (κ2) is 7.52. The fourth-order valence-corrected chi connectivity index (χ4v) is 3.26. The van der Waals surface area contributed by atoms with Crippen LogP contribution >= 0.6 is 0 Å². The quantitative estimate of drug-likeness (QED) is 0.527. The van der Waals surface area contributed by atoms with Gasteiger partial charge in [0, 0.05) is 6.54 Å². The van der Waals surface area contributed by atoms with Crippen molar-refractivity contribution in [2.75, 3.05) is 5.43 Å². The maximum Gasteiger partial charge on any atom is 0.262 e. The van der Waals surface area contributed by atoms with Crippen molar-refractivity contribution in [3.63, 3.8) is 0 Å². The molecule has 0 saturated heterocycles. The second-order valence-corrected chi connectivity index (χ2v) is 6.53. The molecule has 1 heterocycles. The number of hydrogen-bond acceptors (Lipinski definition) is 4. The van der Waals surface area contributed by atoms with Gasteiger partial charge >= 0.3 is 0 Å². The summed E-state index contributed by atoms with van der Waals surface area (Å²) in [6.07, 6.45) is 0.224. The molecule has 0 saturated carbocycles. The molecule has 6 nitrogen and oxygen atoms in total. The molecule has 0 radical (unpaired) electrons.